The van der Waals surface area contributed by atoms with Crippen molar-refractivity contribution in [2.45, 2.75) is 19.8 Å². The normalized spacial score (nSPS) is 10.4. The summed E-state index contributed by atoms with van der Waals surface area (Å²) in [6.07, 6.45) is 0. The molecule has 0 amide bonds. The Bertz CT molecular complexity index is 581. The molecule has 0 aliphatic carbocycles. The molecular formula is C17H20O4. The number of methoxy groups -OCH3 is 2. The van der Waals surface area contributed by atoms with Crippen LogP contribution in [-0.4, -0.2) is 19.3 Å². The molecule has 0 unspecified atom stereocenters. The molecule has 0 atom stereocenters. The highest BCUT2D eigenvalue weighted by Crippen LogP contribution is 2.23. The average Bonchev–Trinajstić information content (AvgIpc) is 2.53. The molecule has 0 heterocycles. The second-order valence-electron chi connectivity index (χ2n) is 4.67. The Morgan fingerprint density at radius 1 is 0.952 bits per heavy atom. The van der Waals surface area contributed by atoms with Gasteiger partial charge in [0.25, 0.3) is 0 Å². The van der Waals surface area contributed by atoms with Gasteiger partial charge in [0.2, 0.25) is 0 Å². The van der Waals surface area contributed by atoms with Gasteiger partial charge >= 0.3 is 0 Å². The predicted molar refractivity (Wildman–Crippen MR) is 80.4 cm³/mol. The van der Waals surface area contributed by atoms with Gasteiger partial charge in [0.1, 0.15) is 18.1 Å². The fourth-order valence-corrected chi connectivity index (χ4v) is 2.10. The van der Waals surface area contributed by atoms with E-state index in [1.54, 1.807) is 14.2 Å². The van der Waals surface area contributed by atoms with Crippen LogP contribution in [0.3, 0.4) is 0 Å². The first-order chi connectivity index (χ1) is 10.3. The number of ether oxygens (including phenoxy) is 3. The highest BCUT2D eigenvalue weighted by atomic mass is 16.5. The molecular weight excluding hydrogens is 268 g/mol. The molecule has 0 saturated heterocycles. The summed E-state index contributed by atoms with van der Waals surface area (Å²) in [6, 6.07) is 13.3. The summed E-state index contributed by atoms with van der Waals surface area (Å²) in [6.45, 7) is 0.939. The minimum Gasteiger partial charge on any atom is -0.496 e. The molecule has 2 rings (SSSR count). The number of hydrogen-bond acceptors (Lipinski definition) is 4. The maximum Gasteiger partial charge on any atom is 0.125 e. The highest BCUT2D eigenvalue weighted by Gasteiger charge is 2.06. The summed E-state index contributed by atoms with van der Waals surface area (Å²) in [4.78, 5) is 0. The van der Waals surface area contributed by atoms with Gasteiger partial charge in [0, 0.05) is 12.7 Å². The van der Waals surface area contributed by atoms with Gasteiger partial charge in [0.15, 0.2) is 0 Å². The first kappa shape index (κ1) is 15.4. The summed E-state index contributed by atoms with van der Waals surface area (Å²) in [5, 5.41) is 9.21. The van der Waals surface area contributed by atoms with Crippen molar-refractivity contribution in [1.82, 2.24) is 0 Å². The fourth-order valence-electron chi connectivity index (χ4n) is 2.10. The van der Waals surface area contributed by atoms with Crippen LogP contribution < -0.4 is 9.47 Å². The first-order valence-corrected chi connectivity index (χ1v) is 6.74. The molecule has 4 heteroatoms. The maximum absolute atomic E-state index is 9.21. The Balaban J connectivity index is 2.10. The van der Waals surface area contributed by atoms with Crippen LogP contribution in [0.4, 0.5) is 0 Å². The minimum atomic E-state index is 0.000316. The molecule has 0 fully saturated rings. The lowest BCUT2D eigenvalue weighted by molar-refractivity contribution is 0.184. The van der Waals surface area contributed by atoms with Crippen LogP contribution in [0.25, 0.3) is 0 Å². The molecule has 0 aliphatic heterocycles. The van der Waals surface area contributed by atoms with Crippen molar-refractivity contribution >= 4 is 0 Å². The van der Waals surface area contributed by atoms with E-state index in [1.807, 2.05) is 42.5 Å². The Morgan fingerprint density at radius 3 is 2.52 bits per heavy atom. The molecule has 0 bridgehead atoms. The Morgan fingerprint density at radius 2 is 1.81 bits per heavy atom. The highest BCUT2D eigenvalue weighted by molar-refractivity contribution is 5.37. The third-order valence-electron chi connectivity index (χ3n) is 3.13. The van der Waals surface area contributed by atoms with Gasteiger partial charge in [-0.3, -0.25) is 0 Å². The molecule has 2 aromatic carbocycles. The van der Waals surface area contributed by atoms with E-state index in [-0.39, 0.29) is 6.61 Å². The van der Waals surface area contributed by atoms with Gasteiger partial charge in [-0.2, -0.15) is 0 Å². The van der Waals surface area contributed by atoms with Crippen LogP contribution in [0.1, 0.15) is 16.7 Å². The topological polar surface area (TPSA) is 47.9 Å². The smallest absolute Gasteiger partial charge is 0.125 e. The fraction of sp³-hybridized carbons (Fsp3) is 0.294. The van der Waals surface area contributed by atoms with E-state index >= 15 is 0 Å². The van der Waals surface area contributed by atoms with Crippen molar-refractivity contribution in [3.05, 3.63) is 59.2 Å². The SMILES string of the molecule is COCc1cccc(OCc2cc(CO)ccc2OC)c1. The van der Waals surface area contributed by atoms with Gasteiger partial charge in [-0.15, -0.1) is 0 Å². The van der Waals surface area contributed by atoms with Crippen molar-refractivity contribution < 1.29 is 19.3 Å². The molecule has 0 saturated carbocycles. The van der Waals surface area contributed by atoms with Crippen molar-refractivity contribution in [2.75, 3.05) is 14.2 Å². The van der Waals surface area contributed by atoms with E-state index in [0.717, 1.165) is 28.2 Å². The molecule has 0 radical (unpaired) electrons. The van der Waals surface area contributed by atoms with Gasteiger partial charge in [0.05, 0.1) is 20.3 Å². The first-order valence-electron chi connectivity index (χ1n) is 6.74. The van der Waals surface area contributed by atoms with Crippen molar-refractivity contribution in [3.63, 3.8) is 0 Å². The van der Waals surface area contributed by atoms with E-state index in [2.05, 4.69) is 0 Å². The Hall–Kier alpha value is -2.04. The quantitative estimate of drug-likeness (QED) is 0.851. The molecule has 0 spiro atoms. The number of benzene rings is 2. The van der Waals surface area contributed by atoms with Crippen LogP contribution in [0.2, 0.25) is 0 Å². The lowest BCUT2D eigenvalue weighted by Gasteiger charge is -2.12. The summed E-state index contributed by atoms with van der Waals surface area (Å²) in [7, 11) is 3.29. The lowest BCUT2D eigenvalue weighted by atomic mass is 10.1. The van der Waals surface area contributed by atoms with Crippen LogP contribution in [0.15, 0.2) is 42.5 Å². The second kappa shape index (κ2) is 7.67. The van der Waals surface area contributed by atoms with E-state index in [9.17, 15) is 5.11 Å². The predicted octanol–water partition coefficient (Wildman–Crippen LogP) is 2.91. The van der Waals surface area contributed by atoms with Crippen molar-refractivity contribution in [1.29, 1.82) is 0 Å². The third-order valence-corrected chi connectivity index (χ3v) is 3.13. The summed E-state index contributed by atoms with van der Waals surface area (Å²) >= 11 is 0. The second-order valence-corrected chi connectivity index (χ2v) is 4.67. The zero-order valence-corrected chi connectivity index (χ0v) is 12.3. The molecule has 0 aromatic heterocycles. The van der Waals surface area contributed by atoms with E-state index in [0.29, 0.717) is 13.2 Å². The van der Waals surface area contributed by atoms with Crippen molar-refractivity contribution in [3.8, 4) is 11.5 Å². The third kappa shape index (κ3) is 4.21. The van der Waals surface area contributed by atoms with Crippen molar-refractivity contribution in [2.24, 2.45) is 0 Å². The molecule has 2 aromatic rings. The van der Waals surface area contributed by atoms with E-state index in [4.69, 9.17) is 14.2 Å². The Kier molecular flexibility index (Phi) is 5.60. The van der Waals surface area contributed by atoms with Gasteiger partial charge in [-0.05, 0) is 35.4 Å². The number of hydrogen-bond donors (Lipinski definition) is 1. The summed E-state index contributed by atoms with van der Waals surface area (Å²) < 4.78 is 16.2. The van der Waals surface area contributed by atoms with Crippen LogP contribution >= 0.6 is 0 Å². The van der Waals surface area contributed by atoms with Crippen LogP contribution in [0, 0.1) is 0 Å². The maximum atomic E-state index is 9.21. The minimum absolute atomic E-state index is 0.000316. The zero-order chi connectivity index (χ0) is 15.1. The zero-order valence-electron chi connectivity index (χ0n) is 12.3. The van der Waals surface area contributed by atoms with Gasteiger partial charge < -0.3 is 19.3 Å². The number of aliphatic hydroxyl groups is 1. The molecule has 1 N–H and O–H groups in total. The van der Waals surface area contributed by atoms with E-state index in [1.165, 1.54) is 0 Å². The largest absolute Gasteiger partial charge is 0.496 e. The number of rotatable bonds is 7. The standard InChI is InChI=1S/C17H20O4/c1-19-11-14-4-3-5-16(9-14)21-12-15-8-13(10-18)6-7-17(15)20-2/h3-9,18H,10-12H2,1-2H3. The van der Waals surface area contributed by atoms with Gasteiger partial charge in [-0.1, -0.05) is 18.2 Å². The average molecular weight is 288 g/mol. The van der Waals surface area contributed by atoms with Crippen LogP contribution in [0.5, 0.6) is 11.5 Å². The monoisotopic (exact) mass is 288 g/mol. The molecule has 0 aliphatic rings. The van der Waals surface area contributed by atoms with Gasteiger partial charge in [-0.25, -0.2) is 0 Å². The van der Waals surface area contributed by atoms with Crippen LogP contribution in [-0.2, 0) is 24.6 Å². The van der Waals surface area contributed by atoms with E-state index < -0.39 is 0 Å². The summed E-state index contributed by atoms with van der Waals surface area (Å²) in [5.41, 5.74) is 2.80. The molecule has 4 nitrogen and oxygen atoms in total. The molecule has 21 heavy (non-hydrogen) atoms. The lowest BCUT2D eigenvalue weighted by Crippen LogP contribution is -2.00. The molecule has 112 valence electrons. The Labute approximate surface area is 124 Å². The number of aliphatic hydroxyl groups excluding tert-OH is 1. The summed E-state index contributed by atoms with van der Waals surface area (Å²) in [5.74, 6) is 1.53.